The fraction of sp³-hybridized carbons (Fsp3) is 0.333. The van der Waals surface area contributed by atoms with Crippen LogP contribution in [0.2, 0.25) is 10.0 Å². The van der Waals surface area contributed by atoms with Crippen molar-refractivity contribution in [2.75, 3.05) is 0 Å². The molecule has 0 aliphatic carbocycles. The molecule has 0 radical (unpaired) electrons. The van der Waals surface area contributed by atoms with Gasteiger partial charge in [0.25, 0.3) is 0 Å². The van der Waals surface area contributed by atoms with Crippen molar-refractivity contribution in [1.29, 1.82) is 0 Å². The van der Waals surface area contributed by atoms with Crippen molar-refractivity contribution < 1.29 is 4.74 Å². The number of benzene rings is 2. The van der Waals surface area contributed by atoms with Crippen LogP contribution < -0.4 is 10.1 Å². The molecule has 0 aliphatic heterocycles. The average molecular weight is 338 g/mol. The molecule has 0 fully saturated rings. The molecule has 0 spiro atoms. The predicted octanol–water partition coefficient (Wildman–Crippen LogP) is 5.46. The summed E-state index contributed by atoms with van der Waals surface area (Å²) in [5.74, 6) is 0.857. The molecule has 2 rings (SSSR count). The van der Waals surface area contributed by atoms with Gasteiger partial charge in [0.1, 0.15) is 12.4 Å². The highest BCUT2D eigenvalue weighted by molar-refractivity contribution is 6.30. The third-order valence-corrected chi connectivity index (χ3v) is 4.07. The lowest BCUT2D eigenvalue weighted by Crippen LogP contribution is -2.24. The fourth-order valence-corrected chi connectivity index (χ4v) is 2.32. The summed E-state index contributed by atoms with van der Waals surface area (Å²) in [7, 11) is 0. The maximum atomic E-state index is 6.10. The first kappa shape index (κ1) is 17.1. The Hall–Kier alpha value is -1.22. The van der Waals surface area contributed by atoms with Gasteiger partial charge in [-0.1, -0.05) is 42.3 Å². The SMILES string of the molecule is CCC(C)NCc1cc(Cl)ccc1OCc1ccc(Cl)cc1. The topological polar surface area (TPSA) is 21.3 Å². The molecule has 118 valence electrons. The molecular formula is C18H21Cl2NO. The van der Waals surface area contributed by atoms with Gasteiger partial charge < -0.3 is 10.1 Å². The first-order chi connectivity index (χ1) is 10.6. The Morgan fingerprint density at radius 3 is 2.41 bits per heavy atom. The van der Waals surface area contributed by atoms with Crippen LogP contribution in [-0.4, -0.2) is 6.04 Å². The third kappa shape index (κ3) is 5.20. The lowest BCUT2D eigenvalue weighted by molar-refractivity contribution is 0.301. The van der Waals surface area contributed by atoms with Crippen molar-refractivity contribution in [2.24, 2.45) is 0 Å². The lowest BCUT2D eigenvalue weighted by atomic mass is 10.1. The van der Waals surface area contributed by atoms with Gasteiger partial charge >= 0.3 is 0 Å². The molecule has 2 aromatic rings. The summed E-state index contributed by atoms with van der Waals surface area (Å²) in [6.45, 7) is 5.58. The highest BCUT2D eigenvalue weighted by Gasteiger charge is 2.07. The number of ether oxygens (including phenoxy) is 1. The number of halogens is 2. The summed E-state index contributed by atoms with van der Waals surface area (Å²) in [4.78, 5) is 0. The van der Waals surface area contributed by atoms with Gasteiger partial charge in [-0.3, -0.25) is 0 Å². The van der Waals surface area contributed by atoms with E-state index < -0.39 is 0 Å². The first-order valence-corrected chi connectivity index (χ1v) is 8.23. The number of rotatable bonds is 7. The standard InChI is InChI=1S/C18H21Cl2NO/c1-3-13(2)21-11-15-10-17(20)8-9-18(15)22-12-14-4-6-16(19)7-5-14/h4-10,13,21H,3,11-12H2,1-2H3. The smallest absolute Gasteiger partial charge is 0.124 e. The second-order valence-electron chi connectivity index (χ2n) is 5.36. The maximum absolute atomic E-state index is 6.10. The summed E-state index contributed by atoms with van der Waals surface area (Å²) in [6.07, 6.45) is 1.08. The Balaban J connectivity index is 2.04. The van der Waals surface area contributed by atoms with Crippen molar-refractivity contribution >= 4 is 23.2 Å². The maximum Gasteiger partial charge on any atom is 0.124 e. The van der Waals surface area contributed by atoms with E-state index in [0.29, 0.717) is 12.6 Å². The van der Waals surface area contributed by atoms with E-state index in [1.807, 2.05) is 42.5 Å². The van der Waals surface area contributed by atoms with E-state index in [9.17, 15) is 0 Å². The fourth-order valence-electron chi connectivity index (χ4n) is 2.00. The molecule has 0 heterocycles. The molecule has 0 aliphatic rings. The van der Waals surface area contributed by atoms with Gasteiger partial charge in [0.05, 0.1) is 0 Å². The van der Waals surface area contributed by atoms with Crippen LogP contribution in [0.3, 0.4) is 0 Å². The van der Waals surface area contributed by atoms with Crippen LogP contribution in [0.5, 0.6) is 5.75 Å². The van der Waals surface area contributed by atoms with Gasteiger partial charge in [-0.25, -0.2) is 0 Å². The summed E-state index contributed by atoms with van der Waals surface area (Å²) >= 11 is 12.0. The molecule has 1 unspecified atom stereocenters. The summed E-state index contributed by atoms with van der Waals surface area (Å²) < 4.78 is 5.94. The van der Waals surface area contributed by atoms with Gasteiger partial charge in [-0.2, -0.15) is 0 Å². The molecule has 1 atom stereocenters. The minimum atomic E-state index is 0.461. The second-order valence-corrected chi connectivity index (χ2v) is 6.23. The normalized spacial score (nSPS) is 12.2. The van der Waals surface area contributed by atoms with Crippen LogP contribution in [0.1, 0.15) is 31.4 Å². The van der Waals surface area contributed by atoms with Gasteiger partial charge in [0.15, 0.2) is 0 Å². The largest absolute Gasteiger partial charge is 0.489 e. The number of hydrogen-bond acceptors (Lipinski definition) is 2. The monoisotopic (exact) mass is 337 g/mol. The van der Waals surface area contributed by atoms with Crippen molar-refractivity contribution in [3.05, 3.63) is 63.6 Å². The molecule has 2 aromatic carbocycles. The molecule has 2 nitrogen and oxygen atoms in total. The van der Waals surface area contributed by atoms with Gasteiger partial charge in [-0.15, -0.1) is 0 Å². The second kappa shape index (κ2) is 8.42. The predicted molar refractivity (Wildman–Crippen MR) is 93.8 cm³/mol. The highest BCUT2D eigenvalue weighted by Crippen LogP contribution is 2.24. The minimum Gasteiger partial charge on any atom is -0.489 e. The van der Waals surface area contributed by atoms with E-state index in [1.165, 1.54) is 0 Å². The van der Waals surface area contributed by atoms with E-state index in [2.05, 4.69) is 19.2 Å². The Labute approximate surface area is 142 Å². The molecule has 4 heteroatoms. The van der Waals surface area contributed by atoms with Crippen LogP contribution >= 0.6 is 23.2 Å². The van der Waals surface area contributed by atoms with Crippen molar-refractivity contribution in [2.45, 2.75) is 39.5 Å². The van der Waals surface area contributed by atoms with Crippen LogP contribution in [0, 0.1) is 0 Å². The number of nitrogens with one attached hydrogen (secondary N) is 1. The zero-order chi connectivity index (χ0) is 15.9. The molecule has 0 bridgehead atoms. The van der Waals surface area contributed by atoms with Crippen molar-refractivity contribution in [3.8, 4) is 5.75 Å². The zero-order valence-electron chi connectivity index (χ0n) is 12.9. The van der Waals surface area contributed by atoms with Crippen LogP contribution in [-0.2, 0) is 13.2 Å². The Morgan fingerprint density at radius 2 is 1.73 bits per heavy atom. The van der Waals surface area contributed by atoms with Crippen molar-refractivity contribution in [1.82, 2.24) is 5.32 Å². The number of hydrogen-bond donors (Lipinski definition) is 1. The summed E-state index contributed by atoms with van der Waals surface area (Å²) in [5, 5.41) is 4.92. The average Bonchev–Trinajstić information content (AvgIpc) is 2.53. The van der Waals surface area contributed by atoms with Gasteiger partial charge in [0.2, 0.25) is 0 Å². The van der Waals surface area contributed by atoms with E-state index in [0.717, 1.165) is 39.9 Å². The zero-order valence-corrected chi connectivity index (χ0v) is 14.4. The Kier molecular flexibility index (Phi) is 6.56. The van der Waals surface area contributed by atoms with E-state index >= 15 is 0 Å². The quantitative estimate of drug-likeness (QED) is 0.724. The molecule has 1 N–H and O–H groups in total. The molecule has 0 saturated heterocycles. The molecule has 0 saturated carbocycles. The van der Waals surface area contributed by atoms with Crippen LogP contribution in [0.4, 0.5) is 0 Å². The molecule has 0 aromatic heterocycles. The Morgan fingerprint density at radius 1 is 1.05 bits per heavy atom. The van der Waals surface area contributed by atoms with Crippen LogP contribution in [0.25, 0.3) is 0 Å². The molecular weight excluding hydrogens is 317 g/mol. The first-order valence-electron chi connectivity index (χ1n) is 7.47. The summed E-state index contributed by atoms with van der Waals surface area (Å²) in [5.41, 5.74) is 2.15. The highest BCUT2D eigenvalue weighted by atomic mass is 35.5. The minimum absolute atomic E-state index is 0.461. The molecule has 22 heavy (non-hydrogen) atoms. The van der Waals surface area contributed by atoms with E-state index in [-0.39, 0.29) is 0 Å². The van der Waals surface area contributed by atoms with Crippen molar-refractivity contribution in [3.63, 3.8) is 0 Å². The third-order valence-electron chi connectivity index (χ3n) is 3.58. The van der Waals surface area contributed by atoms with Gasteiger partial charge in [-0.05, 0) is 49.2 Å². The van der Waals surface area contributed by atoms with Crippen LogP contribution in [0.15, 0.2) is 42.5 Å². The molecule has 0 amide bonds. The van der Waals surface area contributed by atoms with E-state index in [1.54, 1.807) is 0 Å². The lowest BCUT2D eigenvalue weighted by Gasteiger charge is -2.15. The summed E-state index contributed by atoms with van der Waals surface area (Å²) in [6, 6.07) is 13.9. The van der Waals surface area contributed by atoms with Gasteiger partial charge in [0, 0.05) is 28.2 Å². The van der Waals surface area contributed by atoms with E-state index in [4.69, 9.17) is 27.9 Å². The Bertz CT molecular complexity index is 599.